The van der Waals surface area contributed by atoms with Crippen molar-refractivity contribution < 1.29 is 9.13 Å². The first kappa shape index (κ1) is 20.3. The Morgan fingerprint density at radius 1 is 0.688 bits per heavy atom. The summed E-state index contributed by atoms with van der Waals surface area (Å²) in [6.07, 6.45) is 0. The van der Waals surface area contributed by atoms with Gasteiger partial charge in [-0.1, -0.05) is 84.4 Å². The second kappa shape index (κ2) is 8.89. The van der Waals surface area contributed by atoms with Crippen LogP contribution in [0.3, 0.4) is 0 Å². The fourth-order valence-corrected chi connectivity index (χ4v) is 4.23. The lowest BCUT2D eigenvalue weighted by atomic mass is 10.0. The van der Waals surface area contributed by atoms with E-state index in [2.05, 4.69) is 41.7 Å². The van der Waals surface area contributed by atoms with E-state index in [1.807, 2.05) is 42.5 Å². The number of benzene rings is 5. The first-order valence-corrected chi connectivity index (χ1v) is 10.9. The molecular weight excluding hydrogens is 421 g/mol. The number of ether oxygens (including phenoxy) is 1. The van der Waals surface area contributed by atoms with Crippen LogP contribution in [-0.4, -0.2) is 0 Å². The summed E-state index contributed by atoms with van der Waals surface area (Å²) >= 11 is 6.19. The maximum absolute atomic E-state index is 14.2. The van der Waals surface area contributed by atoms with E-state index in [9.17, 15) is 4.39 Å². The molecule has 158 valence electrons. The molecule has 0 aromatic heterocycles. The van der Waals surface area contributed by atoms with Gasteiger partial charge >= 0.3 is 0 Å². The van der Waals surface area contributed by atoms with Gasteiger partial charge in [0.25, 0.3) is 0 Å². The van der Waals surface area contributed by atoms with Crippen molar-refractivity contribution in [3.8, 4) is 5.75 Å². The first-order chi connectivity index (χ1) is 15.7. The average Bonchev–Trinajstić information content (AvgIpc) is 2.82. The zero-order valence-electron chi connectivity index (χ0n) is 17.3. The standard InChI is InChI=1S/C28H21ClFNO/c29-25-12-6-13-26(30)24(25)18-32-28-16-15-20-8-1-3-10-21(20)23(28)17-31-27-14-5-9-19-7-2-4-11-22(19)27/h1-16,31H,17-18H2. The zero-order valence-corrected chi connectivity index (χ0v) is 18.1. The Hall–Kier alpha value is -3.56. The molecule has 1 N–H and O–H groups in total. The van der Waals surface area contributed by atoms with Crippen molar-refractivity contribution in [1.82, 2.24) is 0 Å². The minimum absolute atomic E-state index is 0.0606. The van der Waals surface area contributed by atoms with Crippen LogP contribution in [0.25, 0.3) is 21.5 Å². The van der Waals surface area contributed by atoms with Gasteiger partial charge in [-0.15, -0.1) is 0 Å². The van der Waals surface area contributed by atoms with E-state index in [-0.39, 0.29) is 12.4 Å². The van der Waals surface area contributed by atoms with Crippen LogP contribution in [0.2, 0.25) is 5.02 Å². The van der Waals surface area contributed by atoms with E-state index in [4.69, 9.17) is 16.3 Å². The van der Waals surface area contributed by atoms with Crippen LogP contribution < -0.4 is 10.1 Å². The van der Waals surface area contributed by atoms with Crippen LogP contribution in [0, 0.1) is 5.82 Å². The highest BCUT2D eigenvalue weighted by Gasteiger charge is 2.13. The smallest absolute Gasteiger partial charge is 0.131 e. The predicted octanol–water partition coefficient (Wildman–Crippen LogP) is 7.98. The summed E-state index contributed by atoms with van der Waals surface area (Å²) in [6, 6.07) is 31.3. The van der Waals surface area contributed by atoms with Gasteiger partial charge in [0.1, 0.15) is 18.2 Å². The lowest BCUT2D eigenvalue weighted by Gasteiger charge is -2.17. The highest BCUT2D eigenvalue weighted by atomic mass is 35.5. The van der Waals surface area contributed by atoms with Crippen molar-refractivity contribution in [2.24, 2.45) is 0 Å². The fraction of sp³-hybridized carbons (Fsp3) is 0.0714. The van der Waals surface area contributed by atoms with Crippen LogP contribution in [0.1, 0.15) is 11.1 Å². The van der Waals surface area contributed by atoms with E-state index in [0.717, 1.165) is 27.4 Å². The molecule has 4 heteroatoms. The van der Waals surface area contributed by atoms with Crippen molar-refractivity contribution in [1.29, 1.82) is 0 Å². The van der Waals surface area contributed by atoms with Gasteiger partial charge < -0.3 is 10.1 Å². The first-order valence-electron chi connectivity index (χ1n) is 10.5. The van der Waals surface area contributed by atoms with Gasteiger partial charge in [0, 0.05) is 28.7 Å². The Bertz CT molecular complexity index is 1390. The molecule has 0 saturated carbocycles. The molecule has 5 aromatic rings. The molecular formula is C28H21ClFNO. The SMILES string of the molecule is Fc1cccc(Cl)c1COc1ccc2ccccc2c1CNc1cccc2ccccc12. The van der Waals surface area contributed by atoms with Crippen LogP contribution in [0.15, 0.2) is 97.1 Å². The second-order valence-corrected chi connectivity index (χ2v) is 8.04. The number of hydrogen-bond acceptors (Lipinski definition) is 2. The fourth-order valence-electron chi connectivity index (χ4n) is 4.02. The normalized spacial score (nSPS) is 11.1. The Morgan fingerprint density at radius 3 is 2.19 bits per heavy atom. The number of anilines is 1. The van der Waals surface area contributed by atoms with Crippen molar-refractivity contribution in [2.75, 3.05) is 5.32 Å². The predicted molar refractivity (Wildman–Crippen MR) is 131 cm³/mol. The van der Waals surface area contributed by atoms with Crippen molar-refractivity contribution in [3.05, 3.63) is 119 Å². The van der Waals surface area contributed by atoms with Gasteiger partial charge in [-0.25, -0.2) is 4.39 Å². The summed E-state index contributed by atoms with van der Waals surface area (Å²) in [5.41, 5.74) is 2.43. The van der Waals surface area contributed by atoms with E-state index in [1.165, 1.54) is 11.5 Å². The van der Waals surface area contributed by atoms with Crippen LogP contribution >= 0.6 is 11.6 Å². The van der Waals surface area contributed by atoms with Crippen LogP contribution in [-0.2, 0) is 13.2 Å². The second-order valence-electron chi connectivity index (χ2n) is 7.63. The minimum Gasteiger partial charge on any atom is -0.488 e. The molecule has 5 rings (SSSR count). The molecule has 5 aromatic carbocycles. The van der Waals surface area contributed by atoms with Crippen molar-refractivity contribution >= 4 is 38.8 Å². The molecule has 2 nitrogen and oxygen atoms in total. The molecule has 0 fully saturated rings. The Labute approximate surface area is 191 Å². The molecule has 0 aliphatic rings. The van der Waals surface area contributed by atoms with Gasteiger partial charge in [-0.2, -0.15) is 0 Å². The number of halogens is 2. The van der Waals surface area contributed by atoms with Gasteiger partial charge in [0.15, 0.2) is 0 Å². The Balaban J connectivity index is 1.49. The van der Waals surface area contributed by atoms with Gasteiger partial charge in [0.2, 0.25) is 0 Å². The quantitative estimate of drug-likeness (QED) is 0.288. The molecule has 0 aliphatic carbocycles. The summed E-state index contributed by atoms with van der Waals surface area (Å²) in [4.78, 5) is 0. The third-order valence-electron chi connectivity index (χ3n) is 5.68. The third kappa shape index (κ3) is 4.00. The molecule has 0 amide bonds. The topological polar surface area (TPSA) is 21.3 Å². The molecule has 0 aliphatic heterocycles. The summed E-state index contributed by atoms with van der Waals surface area (Å²) in [6.45, 7) is 0.626. The van der Waals surface area contributed by atoms with E-state index in [0.29, 0.717) is 22.9 Å². The van der Waals surface area contributed by atoms with Gasteiger partial charge in [-0.05, 0) is 40.4 Å². The average molecular weight is 442 g/mol. The molecule has 32 heavy (non-hydrogen) atoms. The lowest BCUT2D eigenvalue weighted by molar-refractivity contribution is 0.297. The zero-order chi connectivity index (χ0) is 21.9. The number of hydrogen-bond donors (Lipinski definition) is 1. The number of nitrogens with one attached hydrogen (secondary N) is 1. The molecule has 0 atom stereocenters. The van der Waals surface area contributed by atoms with Crippen molar-refractivity contribution in [2.45, 2.75) is 13.2 Å². The number of fused-ring (bicyclic) bond motifs is 2. The summed E-state index contributed by atoms with van der Waals surface area (Å²) in [5, 5.41) is 8.50. The van der Waals surface area contributed by atoms with Crippen molar-refractivity contribution in [3.63, 3.8) is 0 Å². The molecule has 0 radical (unpaired) electrons. The molecule has 0 spiro atoms. The lowest BCUT2D eigenvalue weighted by Crippen LogP contribution is -2.06. The summed E-state index contributed by atoms with van der Waals surface area (Å²) < 4.78 is 20.4. The maximum atomic E-state index is 14.2. The number of rotatable bonds is 6. The molecule has 0 saturated heterocycles. The Kier molecular flexibility index (Phi) is 5.66. The van der Waals surface area contributed by atoms with Gasteiger partial charge in [0.05, 0.1) is 5.02 Å². The summed E-state index contributed by atoms with van der Waals surface area (Å²) in [7, 11) is 0. The highest BCUT2D eigenvalue weighted by Crippen LogP contribution is 2.32. The third-order valence-corrected chi connectivity index (χ3v) is 6.03. The van der Waals surface area contributed by atoms with E-state index >= 15 is 0 Å². The molecule has 0 bridgehead atoms. The summed E-state index contributed by atoms with van der Waals surface area (Å²) in [5.74, 6) is 0.337. The van der Waals surface area contributed by atoms with Gasteiger partial charge in [-0.3, -0.25) is 0 Å². The van der Waals surface area contributed by atoms with Crippen LogP contribution in [0.4, 0.5) is 10.1 Å². The minimum atomic E-state index is -0.367. The van der Waals surface area contributed by atoms with E-state index in [1.54, 1.807) is 12.1 Å². The maximum Gasteiger partial charge on any atom is 0.131 e. The molecule has 0 heterocycles. The monoisotopic (exact) mass is 441 g/mol. The molecule has 0 unspecified atom stereocenters. The van der Waals surface area contributed by atoms with Crippen LogP contribution in [0.5, 0.6) is 5.75 Å². The van der Waals surface area contributed by atoms with E-state index < -0.39 is 0 Å². The highest BCUT2D eigenvalue weighted by molar-refractivity contribution is 6.31. The largest absolute Gasteiger partial charge is 0.488 e. The Morgan fingerprint density at radius 2 is 1.38 bits per heavy atom.